The monoisotopic (exact) mass is 416 g/mol. The Hall–Kier alpha value is -3.91. The normalized spacial score (nSPS) is 16.1. The van der Waals surface area contributed by atoms with Crippen LogP contribution in [0.4, 0.5) is 17.5 Å². The molecule has 0 amide bonds. The lowest BCUT2D eigenvalue weighted by atomic mass is 10.2. The van der Waals surface area contributed by atoms with E-state index in [0.29, 0.717) is 34.2 Å². The molecule has 1 atom stereocenters. The predicted octanol–water partition coefficient (Wildman–Crippen LogP) is 3.47. The highest BCUT2D eigenvalue weighted by Crippen LogP contribution is 2.25. The van der Waals surface area contributed by atoms with E-state index in [1.807, 2.05) is 24.3 Å². The van der Waals surface area contributed by atoms with Gasteiger partial charge >= 0.3 is 0 Å². The van der Waals surface area contributed by atoms with Crippen LogP contribution in [0.5, 0.6) is 5.75 Å². The number of nitrogens with zero attached hydrogens (tertiary/aromatic N) is 2. The van der Waals surface area contributed by atoms with Gasteiger partial charge in [-0.05, 0) is 55.4 Å². The molecule has 0 aliphatic carbocycles. The van der Waals surface area contributed by atoms with Gasteiger partial charge in [0.1, 0.15) is 22.7 Å². The minimum absolute atomic E-state index is 0.251. The van der Waals surface area contributed by atoms with Crippen molar-refractivity contribution in [2.45, 2.75) is 12.5 Å². The van der Waals surface area contributed by atoms with Gasteiger partial charge in [0.05, 0.1) is 5.52 Å². The van der Waals surface area contributed by atoms with Crippen molar-refractivity contribution in [2.75, 3.05) is 23.7 Å². The Balaban J connectivity index is 1.62. The molecule has 1 aliphatic heterocycles. The zero-order valence-corrected chi connectivity index (χ0v) is 17.0. The fraction of sp³-hybridized carbons (Fsp3) is 0.174. The fourth-order valence-electron chi connectivity index (χ4n) is 3.35. The highest BCUT2D eigenvalue weighted by molar-refractivity contribution is 5.90. The van der Waals surface area contributed by atoms with E-state index < -0.39 is 0 Å². The summed E-state index contributed by atoms with van der Waals surface area (Å²) in [6, 6.07) is 9.36. The zero-order valence-electron chi connectivity index (χ0n) is 17.0. The number of aromatic amines is 1. The number of anilines is 3. The molecule has 1 saturated heterocycles. The molecule has 3 aromatic rings. The van der Waals surface area contributed by atoms with Gasteiger partial charge in [-0.2, -0.15) is 4.98 Å². The standard InChI is InChI=1S/C23H24N6O2/c1-3-5-17(4-2)31-18-8-6-15(7-9-18)26-21-20-19(11-13-25-22(20)30)28-23(29-21)27-16-10-12-24-14-16/h3-9,11,13,16,24H,1-2,10,12,14H2,(H,25,30)(H2,26,27,28,29). The number of hydrogen-bond donors (Lipinski definition) is 4. The SMILES string of the molecule is C=CC=C(C=C)Oc1ccc(Nc2nc(NC3CCNC3)nc3cc[nH]c(=O)c23)cc1. The molecule has 1 aliphatic rings. The summed E-state index contributed by atoms with van der Waals surface area (Å²) in [5, 5.41) is 10.3. The van der Waals surface area contributed by atoms with Gasteiger partial charge in [0, 0.05) is 24.5 Å². The van der Waals surface area contributed by atoms with Crippen molar-refractivity contribution in [1.82, 2.24) is 20.3 Å². The van der Waals surface area contributed by atoms with Crippen LogP contribution in [0.3, 0.4) is 0 Å². The maximum Gasteiger partial charge on any atom is 0.261 e. The molecular weight excluding hydrogens is 392 g/mol. The van der Waals surface area contributed by atoms with Gasteiger partial charge in [0.2, 0.25) is 5.95 Å². The Morgan fingerprint density at radius 2 is 2.03 bits per heavy atom. The first-order valence-electron chi connectivity index (χ1n) is 10.0. The summed E-state index contributed by atoms with van der Waals surface area (Å²) in [5.74, 6) is 2.17. The van der Waals surface area contributed by atoms with Gasteiger partial charge in [0.25, 0.3) is 5.56 Å². The number of ether oxygens (including phenoxy) is 1. The number of rotatable bonds is 8. The van der Waals surface area contributed by atoms with Crippen LogP contribution in [-0.4, -0.2) is 34.1 Å². The summed E-state index contributed by atoms with van der Waals surface area (Å²) in [4.78, 5) is 24.3. The van der Waals surface area contributed by atoms with Crippen molar-refractivity contribution in [1.29, 1.82) is 0 Å². The van der Waals surface area contributed by atoms with Crippen LogP contribution >= 0.6 is 0 Å². The van der Waals surface area contributed by atoms with Gasteiger partial charge < -0.3 is 25.7 Å². The number of hydrogen-bond acceptors (Lipinski definition) is 7. The van der Waals surface area contributed by atoms with E-state index in [0.717, 1.165) is 25.2 Å². The molecule has 0 radical (unpaired) electrons. The molecule has 8 nitrogen and oxygen atoms in total. The van der Waals surface area contributed by atoms with E-state index in [4.69, 9.17) is 4.74 Å². The van der Waals surface area contributed by atoms with Crippen molar-refractivity contribution in [3.63, 3.8) is 0 Å². The molecule has 0 spiro atoms. The smallest absolute Gasteiger partial charge is 0.261 e. The summed E-state index contributed by atoms with van der Waals surface area (Å²) in [6.07, 6.45) is 7.56. The number of allylic oxidation sites excluding steroid dienone is 3. The first kappa shape index (κ1) is 20.4. The maximum absolute atomic E-state index is 12.5. The molecule has 158 valence electrons. The number of fused-ring (bicyclic) bond motifs is 1. The van der Waals surface area contributed by atoms with Crippen LogP contribution in [-0.2, 0) is 0 Å². The largest absolute Gasteiger partial charge is 0.457 e. The van der Waals surface area contributed by atoms with E-state index in [2.05, 4.69) is 44.1 Å². The summed E-state index contributed by atoms with van der Waals surface area (Å²) >= 11 is 0. The van der Waals surface area contributed by atoms with Gasteiger partial charge in [0.15, 0.2) is 0 Å². The molecule has 1 unspecified atom stereocenters. The first-order valence-corrected chi connectivity index (χ1v) is 10.0. The third-order valence-electron chi connectivity index (χ3n) is 4.85. The Kier molecular flexibility index (Phi) is 6.09. The van der Waals surface area contributed by atoms with Crippen LogP contribution in [0.15, 0.2) is 78.5 Å². The number of benzene rings is 1. The lowest BCUT2D eigenvalue weighted by molar-refractivity contribution is 0.445. The van der Waals surface area contributed by atoms with Crippen LogP contribution in [0.1, 0.15) is 6.42 Å². The van der Waals surface area contributed by atoms with Gasteiger partial charge in [-0.3, -0.25) is 4.79 Å². The van der Waals surface area contributed by atoms with Crippen molar-refractivity contribution in [3.8, 4) is 5.75 Å². The second-order valence-corrected chi connectivity index (χ2v) is 7.06. The van der Waals surface area contributed by atoms with Crippen molar-refractivity contribution < 1.29 is 4.74 Å². The quantitative estimate of drug-likeness (QED) is 0.329. The number of aromatic nitrogens is 3. The van der Waals surface area contributed by atoms with E-state index in [9.17, 15) is 4.79 Å². The minimum atomic E-state index is -0.251. The summed E-state index contributed by atoms with van der Waals surface area (Å²) in [6.45, 7) is 9.19. The van der Waals surface area contributed by atoms with Crippen LogP contribution in [0, 0.1) is 0 Å². The summed E-state index contributed by atoms with van der Waals surface area (Å²) in [5.41, 5.74) is 1.08. The minimum Gasteiger partial charge on any atom is -0.457 e. The Morgan fingerprint density at radius 3 is 2.74 bits per heavy atom. The number of H-pyrrole nitrogens is 1. The molecule has 1 fully saturated rings. The van der Waals surface area contributed by atoms with E-state index in [-0.39, 0.29) is 11.6 Å². The third-order valence-corrected chi connectivity index (χ3v) is 4.85. The molecule has 2 aromatic heterocycles. The van der Waals surface area contributed by atoms with Gasteiger partial charge in [-0.15, -0.1) is 0 Å². The number of nitrogens with one attached hydrogen (secondary N) is 4. The Labute approximate surface area is 179 Å². The summed E-state index contributed by atoms with van der Waals surface area (Å²) < 4.78 is 5.74. The molecule has 31 heavy (non-hydrogen) atoms. The second-order valence-electron chi connectivity index (χ2n) is 7.06. The molecule has 8 heteroatoms. The zero-order chi connectivity index (χ0) is 21.6. The van der Waals surface area contributed by atoms with Crippen LogP contribution < -0.4 is 26.2 Å². The highest BCUT2D eigenvalue weighted by atomic mass is 16.5. The van der Waals surface area contributed by atoms with Crippen LogP contribution in [0.2, 0.25) is 0 Å². The second kappa shape index (κ2) is 9.27. The Morgan fingerprint density at radius 1 is 1.19 bits per heavy atom. The molecule has 0 bridgehead atoms. The van der Waals surface area contributed by atoms with Crippen molar-refractivity contribution in [2.24, 2.45) is 0 Å². The van der Waals surface area contributed by atoms with Crippen LogP contribution in [0.25, 0.3) is 10.9 Å². The highest BCUT2D eigenvalue weighted by Gasteiger charge is 2.17. The lowest BCUT2D eigenvalue weighted by Gasteiger charge is -2.14. The average Bonchev–Trinajstić information content (AvgIpc) is 3.27. The molecule has 0 saturated carbocycles. The van der Waals surface area contributed by atoms with Crippen molar-refractivity contribution in [3.05, 3.63) is 84.0 Å². The molecule has 3 heterocycles. The topological polar surface area (TPSA) is 104 Å². The fourth-order valence-corrected chi connectivity index (χ4v) is 3.35. The predicted molar refractivity (Wildman–Crippen MR) is 124 cm³/mol. The average molecular weight is 416 g/mol. The van der Waals surface area contributed by atoms with Gasteiger partial charge in [-0.25, -0.2) is 4.98 Å². The molecule has 1 aromatic carbocycles. The summed E-state index contributed by atoms with van der Waals surface area (Å²) in [7, 11) is 0. The Bertz CT molecular complexity index is 1180. The lowest BCUT2D eigenvalue weighted by Crippen LogP contribution is -2.24. The van der Waals surface area contributed by atoms with E-state index >= 15 is 0 Å². The first-order chi connectivity index (χ1) is 15.2. The third kappa shape index (κ3) is 4.81. The van der Waals surface area contributed by atoms with E-state index in [1.54, 1.807) is 30.5 Å². The molecule has 4 N–H and O–H groups in total. The van der Waals surface area contributed by atoms with E-state index in [1.165, 1.54) is 0 Å². The number of pyridine rings is 1. The van der Waals surface area contributed by atoms with Crippen molar-refractivity contribution >= 4 is 28.4 Å². The van der Waals surface area contributed by atoms with Gasteiger partial charge in [-0.1, -0.05) is 19.2 Å². The molecular formula is C23H24N6O2. The molecule has 4 rings (SSSR count). The maximum atomic E-state index is 12.5.